The zero-order valence-corrected chi connectivity index (χ0v) is 18.5. The lowest BCUT2D eigenvalue weighted by molar-refractivity contribution is -0.118. The van der Waals surface area contributed by atoms with Crippen LogP contribution < -0.4 is 11.1 Å². The van der Waals surface area contributed by atoms with Crippen molar-refractivity contribution < 1.29 is 15.0 Å². The van der Waals surface area contributed by atoms with Crippen LogP contribution in [0.5, 0.6) is 0 Å². The Kier molecular flexibility index (Phi) is 5.80. The monoisotopic (exact) mass is 406 g/mol. The summed E-state index contributed by atoms with van der Waals surface area (Å²) in [7, 11) is 0. The fourth-order valence-electron chi connectivity index (χ4n) is 7.81. The number of nitrogens with one attached hydrogen (secondary N) is 1. The number of rotatable bonds is 7. The Labute approximate surface area is 176 Å². The zero-order chi connectivity index (χ0) is 20.9. The topological polar surface area (TPSA) is 105 Å². The third-order valence-corrected chi connectivity index (χ3v) is 9.81. The zero-order valence-electron chi connectivity index (χ0n) is 18.5. The van der Waals surface area contributed by atoms with Gasteiger partial charge >= 0.3 is 0 Å². The number of aliphatic hydroxyl groups is 2. The molecule has 4 aliphatic rings. The molecule has 4 fully saturated rings. The van der Waals surface area contributed by atoms with Crippen molar-refractivity contribution in [3.63, 3.8) is 0 Å². The number of carbonyl (C=O) groups is 1. The van der Waals surface area contributed by atoms with Crippen molar-refractivity contribution in [3.05, 3.63) is 0 Å². The van der Waals surface area contributed by atoms with Crippen molar-refractivity contribution in [2.75, 3.05) is 6.54 Å². The first-order valence-electron chi connectivity index (χ1n) is 12.1. The fourth-order valence-corrected chi connectivity index (χ4v) is 7.81. The van der Waals surface area contributed by atoms with Gasteiger partial charge in [-0.3, -0.25) is 4.79 Å². The van der Waals surface area contributed by atoms with Crippen LogP contribution in [0.3, 0.4) is 0 Å². The minimum Gasteiger partial charge on any atom is -0.393 e. The van der Waals surface area contributed by atoms with Crippen LogP contribution in [0, 0.1) is 28.6 Å². The normalized spacial score (nSPS) is 49.6. The van der Waals surface area contributed by atoms with E-state index < -0.39 is 0 Å². The van der Waals surface area contributed by atoms with Crippen LogP contribution in [-0.4, -0.2) is 40.4 Å². The third kappa shape index (κ3) is 4.12. The Morgan fingerprint density at radius 2 is 1.79 bits per heavy atom. The van der Waals surface area contributed by atoms with E-state index in [4.69, 9.17) is 5.73 Å². The van der Waals surface area contributed by atoms with E-state index in [-0.39, 0.29) is 29.1 Å². The van der Waals surface area contributed by atoms with E-state index >= 15 is 0 Å². The molecule has 5 N–H and O–H groups in total. The molecule has 4 rings (SSSR count). The first-order valence-corrected chi connectivity index (χ1v) is 12.1. The van der Waals surface area contributed by atoms with E-state index in [1.54, 1.807) is 0 Å². The Morgan fingerprint density at radius 1 is 1.07 bits per heavy atom. The highest BCUT2D eigenvalue weighted by molar-refractivity contribution is 5.73. The summed E-state index contributed by atoms with van der Waals surface area (Å²) in [4.78, 5) is 11.4. The first-order chi connectivity index (χ1) is 13.7. The number of amides is 1. The molecule has 1 heterocycles. The molecule has 0 aromatic rings. The second kappa shape index (κ2) is 7.80. The Morgan fingerprint density at radius 3 is 2.48 bits per heavy atom. The second-order valence-electron chi connectivity index (χ2n) is 11.6. The van der Waals surface area contributed by atoms with Gasteiger partial charge in [-0.25, -0.2) is 0 Å². The molecule has 8 atom stereocenters. The highest BCUT2D eigenvalue weighted by atomic mass is 16.3. The average Bonchev–Trinajstić information content (AvgIpc) is 3.34. The lowest BCUT2D eigenvalue weighted by Crippen LogP contribution is -2.48. The number of primary amides is 1. The van der Waals surface area contributed by atoms with Crippen molar-refractivity contribution >= 4 is 5.91 Å². The summed E-state index contributed by atoms with van der Waals surface area (Å²) in [5, 5.41) is 24.4. The van der Waals surface area contributed by atoms with Gasteiger partial charge in [-0.1, -0.05) is 20.3 Å². The summed E-state index contributed by atoms with van der Waals surface area (Å²) in [5.74, 6) is 1.45. The Bertz CT molecular complexity index is 619. The number of hydrogen-bond donors (Lipinski definition) is 4. The molecule has 1 amide bonds. The molecule has 0 radical (unpaired) electrons. The van der Waals surface area contributed by atoms with Crippen LogP contribution in [-0.2, 0) is 4.79 Å². The summed E-state index contributed by atoms with van der Waals surface area (Å²) >= 11 is 0. The summed E-state index contributed by atoms with van der Waals surface area (Å²) in [6, 6.07) is 0. The van der Waals surface area contributed by atoms with Gasteiger partial charge < -0.3 is 21.3 Å². The number of fused-ring (bicyclic) bond motifs is 1. The first kappa shape index (κ1) is 21.6. The molecule has 0 unspecified atom stereocenters. The van der Waals surface area contributed by atoms with Crippen molar-refractivity contribution in [1.29, 1.82) is 0 Å². The molecule has 0 bridgehead atoms. The lowest BCUT2D eigenvalue weighted by Gasteiger charge is -2.53. The summed E-state index contributed by atoms with van der Waals surface area (Å²) < 4.78 is 0. The van der Waals surface area contributed by atoms with Gasteiger partial charge in [0.25, 0.3) is 0 Å². The molecular weight excluding hydrogens is 364 g/mol. The number of carbonyl (C=O) groups excluding carboxylic acids is 1. The average molecular weight is 407 g/mol. The number of nitrogens with two attached hydrogens (primary N) is 1. The Hall–Kier alpha value is -0.650. The molecule has 0 spiro atoms. The quantitative estimate of drug-likeness (QED) is 0.487. The summed E-state index contributed by atoms with van der Waals surface area (Å²) in [5.41, 5.74) is 6.15. The molecule has 1 saturated heterocycles. The van der Waals surface area contributed by atoms with Crippen LogP contribution in [0.1, 0.15) is 90.9 Å². The van der Waals surface area contributed by atoms with Crippen LogP contribution >= 0.6 is 0 Å². The third-order valence-electron chi connectivity index (χ3n) is 9.81. The van der Waals surface area contributed by atoms with Gasteiger partial charge in [0.1, 0.15) is 0 Å². The smallest absolute Gasteiger partial charge is 0.217 e. The Balaban J connectivity index is 1.43. The largest absolute Gasteiger partial charge is 0.393 e. The second-order valence-corrected chi connectivity index (χ2v) is 11.6. The predicted octanol–water partition coefficient (Wildman–Crippen LogP) is 3.12. The molecule has 3 saturated carbocycles. The van der Waals surface area contributed by atoms with E-state index in [9.17, 15) is 15.0 Å². The van der Waals surface area contributed by atoms with Crippen molar-refractivity contribution in [1.82, 2.24) is 5.32 Å². The van der Waals surface area contributed by atoms with Gasteiger partial charge in [-0.15, -0.1) is 0 Å². The maximum Gasteiger partial charge on any atom is 0.217 e. The van der Waals surface area contributed by atoms with Crippen LogP contribution in [0.25, 0.3) is 0 Å². The molecule has 166 valence electrons. The van der Waals surface area contributed by atoms with Gasteiger partial charge in [0.15, 0.2) is 0 Å². The fraction of sp³-hybridized carbons (Fsp3) is 0.958. The molecule has 0 aromatic heterocycles. The number of hydrogen-bond acceptors (Lipinski definition) is 4. The molecule has 5 nitrogen and oxygen atoms in total. The lowest BCUT2D eigenvalue weighted by atomic mass is 9.53. The van der Waals surface area contributed by atoms with Crippen molar-refractivity contribution in [3.8, 4) is 0 Å². The van der Waals surface area contributed by atoms with Gasteiger partial charge in [0.05, 0.1) is 12.2 Å². The summed E-state index contributed by atoms with van der Waals surface area (Å²) in [6.07, 6.45) is 11.8. The van der Waals surface area contributed by atoms with Gasteiger partial charge in [-0.05, 0) is 92.8 Å². The van der Waals surface area contributed by atoms with E-state index in [0.29, 0.717) is 29.6 Å². The minimum atomic E-state index is -0.206. The van der Waals surface area contributed by atoms with Gasteiger partial charge in [0.2, 0.25) is 5.91 Å². The van der Waals surface area contributed by atoms with Gasteiger partial charge in [0, 0.05) is 18.5 Å². The summed E-state index contributed by atoms with van der Waals surface area (Å²) in [6.45, 7) is 5.94. The molecule has 3 aliphatic carbocycles. The van der Waals surface area contributed by atoms with Crippen molar-refractivity contribution in [2.45, 2.75) is 109 Å². The predicted molar refractivity (Wildman–Crippen MR) is 114 cm³/mol. The molecule has 5 heteroatoms. The minimum absolute atomic E-state index is 0.133. The van der Waals surface area contributed by atoms with Crippen LogP contribution in [0.2, 0.25) is 0 Å². The van der Waals surface area contributed by atoms with Gasteiger partial charge in [-0.2, -0.15) is 0 Å². The maximum absolute atomic E-state index is 11.4. The standard InChI is InChI=1S/C24H42N2O3/c1-22(8-3-4-20(22)24(15-26-24)11-7-21(25)29)9-5-16-12-19(28)14-17-13-18(27)6-10-23(16,17)2/h16-20,26-28H,3-15H2,1-2H3,(H2,25,29)/t16-,17-,18+,19-,20-,22+,23+,24-/m0/s1. The van der Waals surface area contributed by atoms with E-state index in [1.807, 2.05) is 0 Å². The molecule has 0 aromatic carbocycles. The number of aliphatic hydroxyl groups excluding tert-OH is 2. The molecular formula is C24H42N2O3. The van der Waals surface area contributed by atoms with Crippen LogP contribution in [0.4, 0.5) is 0 Å². The molecule has 1 aliphatic heterocycles. The maximum atomic E-state index is 11.4. The van der Waals surface area contributed by atoms with E-state index in [2.05, 4.69) is 19.2 Å². The van der Waals surface area contributed by atoms with Crippen LogP contribution in [0.15, 0.2) is 0 Å². The SMILES string of the molecule is C[C@]1(CC[C@H]2C[C@H](O)C[C@@H]3C[C@H](O)CC[C@@]32C)CCC[C@@H]1[C@]1(CCC(N)=O)CN1. The van der Waals surface area contributed by atoms with Crippen molar-refractivity contribution in [2.24, 2.45) is 34.3 Å². The molecule has 29 heavy (non-hydrogen) atoms. The van der Waals surface area contributed by atoms with E-state index in [1.165, 1.54) is 32.1 Å². The highest BCUT2D eigenvalue weighted by Gasteiger charge is 2.57. The highest BCUT2D eigenvalue weighted by Crippen LogP contribution is 2.59. The van der Waals surface area contributed by atoms with E-state index in [0.717, 1.165) is 45.1 Å².